The quantitative estimate of drug-likeness (QED) is 0.380. The molecule has 1 aliphatic rings. The van der Waals surface area contributed by atoms with E-state index in [1.54, 1.807) is 6.92 Å². The maximum Gasteiger partial charge on any atom is 0.219 e. The Bertz CT molecular complexity index is 597. The second kappa shape index (κ2) is 12.2. The Morgan fingerprint density at radius 2 is 1.81 bits per heavy atom. The highest BCUT2D eigenvalue weighted by Gasteiger charge is 2.18. The molecule has 1 aliphatic heterocycles. The van der Waals surface area contributed by atoms with Crippen LogP contribution in [0.3, 0.4) is 0 Å². The van der Waals surface area contributed by atoms with Gasteiger partial charge in [0.1, 0.15) is 0 Å². The van der Waals surface area contributed by atoms with Crippen molar-refractivity contribution in [2.45, 2.75) is 27.3 Å². The first-order valence-electron chi connectivity index (χ1n) is 9.52. The number of halogens is 1. The van der Waals surface area contributed by atoms with Crippen LogP contribution in [0.4, 0.5) is 0 Å². The number of piperazine rings is 1. The van der Waals surface area contributed by atoms with Crippen LogP contribution in [0.15, 0.2) is 29.3 Å². The molecule has 0 aromatic heterocycles. The third kappa shape index (κ3) is 8.04. The fourth-order valence-corrected chi connectivity index (χ4v) is 3.10. The van der Waals surface area contributed by atoms with E-state index < -0.39 is 0 Å². The van der Waals surface area contributed by atoms with Gasteiger partial charge in [-0.2, -0.15) is 0 Å². The van der Waals surface area contributed by atoms with E-state index in [2.05, 4.69) is 60.3 Å². The highest BCUT2D eigenvalue weighted by Crippen LogP contribution is 2.06. The van der Waals surface area contributed by atoms with Gasteiger partial charge in [-0.25, -0.2) is 0 Å². The second-order valence-corrected chi connectivity index (χ2v) is 6.93. The smallest absolute Gasteiger partial charge is 0.219 e. The number of nitrogens with one attached hydrogen (secondary N) is 1. The molecule has 1 aromatic rings. The topological polar surface area (TPSA) is 51.2 Å². The number of carbonyl (C=O) groups excluding carboxylic acids is 1. The van der Waals surface area contributed by atoms with Crippen molar-refractivity contribution in [2.24, 2.45) is 4.99 Å². The predicted octanol–water partition coefficient (Wildman–Crippen LogP) is 2.17. The zero-order valence-electron chi connectivity index (χ0n) is 17.1. The third-order valence-electron chi connectivity index (χ3n) is 4.73. The number of aryl methyl sites for hydroxylation is 1. The molecule has 0 unspecified atom stereocenters. The van der Waals surface area contributed by atoms with Crippen molar-refractivity contribution in [1.82, 2.24) is 20.0 Å². The second-order valence-electron chi connectivity index (χ2n) is 6.93. The van der Waals surface area contributed by atoms with E-state index in [9.17, 15) is 4.79 Å². The van der Waals surface area contributed by atoms with Gasteiger partial charge in [0.15, 0.2) is 5.96 Å². The molecular weight excluding hydrogens is 453 g/mol. The highest BCUT2D eigenvalue weighted by molar-refractivity contribution is 14.0. The van der Waals surface area contributed by atoms with E-state index in [1.165, 1.54) is 11.1 Å². The van der Waals surface area contributed by atoms with Crippen molar-refractivity contribution in [3.63, 3.8) is 0 Å². The SMILES string of the molecule is CCNC(=NCCN1CCN(C(C)=O)CC1)N(C)Cc1ccc(C)cc1.I. The van der Waals surface area contributed by atoms with Gasteiger partial charge < -0.3 is 15.1 Å². The number of amides is 1. The fourth-order valence-electron chi connectivity index (χ4n) is 3.10. The molecule has 0 bridgehead atoms. The molecule has 0 atom stereocenters. The molecule has 1 N–H and O–H groups in total. The summed E-state index contributed by atoms with van der Waals surface area (Å²) >= 11 is 0. The molecular formula is C20H34IN5O. The van der Waals surface area contributed by atoms with Crippen molar-refractivity contribution in [3.05, 3.63) is 35.4 Å². The van der Waals surface area contributed by atoms with Gasteiger partial charge in [0.05, 0.1) is 6.54 Å². The Morgan fingerprint density at radius 1 is 1.19 bits per heavy atom. The van der Waals surface area contributed by atoms with Crippen molar-refractivity contribution in [3.8, 4) is 0 Å². The lowest BCUT2D eigenvalue weighted by atomic mass is 10.1. The Hall–Kier alpha value is -1.35. The zero-order chi connectivity index (χ0) is 18.9. The predicted molar refractivity (Wildman–Crippen MR) is 123 cm³/mol. The minimum atomic E-state index is 0. The number of benzene rings is 1. The number of hydrogen-bond acceptors (Lipinski definition) is 3. The van der Waals surface area contributed by atoms with E-state index in [0.717, 1.165) is 58.3 Å². The average molecular weight is 487 g/mol. The van der Waals surface area contributed by atoms with Crippen molar-refractivity contribution >= 4 is 35.8 Å². The lowest BCUT2D eigenvalue weighted by Crippen LogP contribution is -2.48. The highest BCUT2D eigenvalue weighted by atomic mass is 127. The summed E-state index contributed by atoms with van der Waals surface area (Å²) in [6.45, 7) is 12.8. The monoisotopic (exact) mass is 487 g/mol. The molecule has 27 heavy (non-hydrogen) atoms. The van der Waals surface area contributed by atoms with Gasteiger partial charge in [-0.1, -0.05) is 29.8 Å². The van der Waals surface area contributed by atoms with Crippen molar-refractivity contribution in [2.75, 3.05) is 52.9 Å². The standard InChI is InChI=1S/C20H33N5O.HI/c1-5-21-20(23(4)16-19-8-6-17(2)7-9-19)22-10-11-24-12-14-25(15-13-24)18(3)26;/h6-9H,5,10-16H2,1-4H3,(H,21,22);1H. The maximum atomic E-state index is 11.4. The summed E-state index contributed by atoms with van der Waals surface area (Å²) in [6.07, 6.45) is 0. The minimum Gasteiger partial charge on any atom is -0.357 e. The molecule has 0 radical (unpaired) electrons. The number of nitrogens with zero attached hydrogens (tertiary/aromatic N) is 4. The molecule has 1 heterocycles. The molecule has 6 nitrogen and oxygen atoms in total. The van der Waals surface area contributed by atoms with Crippen LogP contribution in [0.2, 0.25) is 0 Å². The van der Waals surface area contributed by atoms with E-state index in [1.807, 2.05) is 4.90 Å². The lowest BCUT2D eigenvalue weighted by Gasteiger charge is -2.33. The molecule has 0 aliphatic carbocycles. The minimum absolute atomic E-state index is 0. The molecule has 0 spiro atoms. The Balaban J connectivity index is 0.00000364. The van der Waals surface area contributed by atoms with Crippen LogP contribution >= 0.6 is 24.0 Å². The molecule has 1 saturated heterocycles. The number of rotatable bonds is 6. The summed E-state index contributed by atoms with van der Waals surface area (Å²) in [5.74, 6) is 1.12. The van der Waals surface area contributed by atoms with Crippen LogP contribution in [0.5, 0.6) is 0 Å². The van der Waals surface area contributed by atoms with Gasteiger partial charge in [0.2, 0.25) is 5.91 Å². The lowest BCUT2D eigenvalue weighted by molar-refractivity contribution is -0.130. The van der Waals surface area contributed by atoms with Crippen LogP contribution in [-0.4, -0.2) is 79.4 Å². The number of hydrogen-bond donors (Lipinski definition) is 1. The molecule has 1 fully saturated rings. The van der Waals surface area contributed by atoms with Gasteiger partial charge in [-0.15, -0.1) is 24.0 Å². The number of carbonyl (C=O) groups is 1. The van der Waals surface area contributed by atoms with Crippen LogP contribution in [0.1, 0.15) is 25.0 Å². The molecule has 7 heteroatoms. The van der Waals surface area contributed by atoms with E-state index >= 15 is 0 Å². The summed E-state index contributed by atoms with van der Waals surface area (Å²) in [7, 11) is 2.08. The summed E-state index contributed by atoms with van der Waals surface area (Å²) in [4.78, 5) is 22.6. The summed E-state index contributed by atoms with van der Waals surface area (Å²) in [5, 5.41) is 3.38. The first-order valence-corrected chi connectivity index (χ1v) is 9.52. The Morgan fingerprint density at radius 3 is 2.37 bits per heavy atom. The van der Waals surface area contributed by atoms with Crippen LogP contribution in [0.25, 0.3) is 0 Å². The van der Waals surface area contributed by atoms with Gasteiger partial charge >= 0.3 is 0 Å². The van der Waals surface area contributed by atoms with E-state index in [-0.39, 0.29) is 29.9 Å². The number of guanidine groups is 1. The molecule has 0 saturated carbocycles. The average Bonchev–Trinajstić information content (AvgIpc) is 2.63. The summed E-state index contributed by atoms with van der Waals surface area (Å²) in [6, 6.07) is 8.63. The van der Waals surface area contributed by atoms with E-state index in [4.69, 9.17) is 4.99 Å². The summed E-state index contributed by atoms with van der Waals surface area (Å²) in [5.41, 5.74) is 2.56. The van der Waals surface area contributed by atoms with Crippen LogP contribution in [-0.2, 0) is 11.3 Å². The van der Waals surface area contributed by atoms with Crippen LogP contribution in [0, 0.1) is 6.92 Å². The summed E-state index contributed by atoms with van der Waals surface area (Å²) < 4.78 is 0. The van der Waals surface area contributed by atoms with Crippen molar-refractivity contribution < 1.29 is 4.79 Å². The third-order valence-corrected chi connectivity index (χ3v) is 4.73. The first kappa shape index (κ1) is 23.7. The van der Waals surface area contributed by atoms with Gasteiger partial charge in [0, 0.05) is 59.8 Å². The fraction of sp³-hybridized carbons (Fsp3) is 0.600. The zero-order valence-corrected chi connectivity index (χ0v) is 19.4. The molecule has 1 aromatic carbocycles. The first-order chi connectivity index (χ1) is 12.5. The van der Waals surface area contributed by atoms with Crippen LogP contribution < -0.4 is 5.32 Å². The Kier molecular flexibility index (Phi) is 10.7. The largest absolute Gasteiger partial charge is 0.357 e. The Labute approximate surface area is 181 Å². The van der Waals surface area contributed by atoms with Crippen molar-refractivity contribution in [1.29, 1.82) is 0 Å². The number of aliphatic imine (C=N–C) groups is 1. The van der Waals surface area contributed by atoms with Gasteiger partial charge in [0.25, 0.3) is 0 Å². The normalized spacial score (nSPS) is 15.3. The molecule has 152 valence electrons. The van der Waals surface area contributed by atoms with E-state index in [0.29, 0.717) is 0 Å². The van der Waals surface area contributed by atoms with Gasteiger partial charge in [-0.05, 0) is 19.4 Å². The maximum absolute atomic E-state index is 11.4. The molecule has 2 rings (SSSR count). The van der Waals surface area contributed by atoms with Gasteiger partial charge in [-0.3, -0.25) is 14.7 Å². The molecule has 1 amide bonds.